The number of aryl methyl sites for hydroxylation is 1. The highest BCUT2D eigenvalue weighted by Gasteiger charge is 2.22. The molecule has 2 aliphatic rings. The fourth-order valence-corrected chi connectivity index (χ4v) is 5.04. The van der Waals surface area contributed by atoms with Gasteiger partial charge in [0, 0.05) is 12.3 Å². The van der Waals surface area contributed by atoms with Crippen LogP contribution in [0, 0.1) is 28.6 Å². The monoisotopic (exact) mass is 432 g/mol. The number of allylic oxidation sites excluding steroid dienone is 6. The first-order valence-electron chi connectivity index (χ1n) is 12.2. The second-order valence-corrected chi connectivity index (χ2v) is 9.36. The van der Waals surface area contributed by atoms with Crippen molar-refractivity contribution in [2.75, 3.05) is 0 Å². The third-order valence-electron chi connectivity index (χ3n) is 6.98. The van der Waals surface area contributed by atoms with Crippen molar-refractivity contribution in [3.63, 3.8) is 0 Å². The summed E-state index contributed by atoms with van der Waals surface area (Å²) in [6.07, 6.45) is 14.7. The van der Waals surface area contributed by atoms with Gasteiger partial charge in [-0.1, -0.05) is 80.1 Å². The molecular formula is C31H32N2. The molecule has 2 aromatic rings. The number of rotatable bonds is 7. The highest BCUT2D eigenvalue weighted by molar-refractivity contribution is 5.73. The Bertz CT molecular complexity index is 1130. The van der Waals surface area contributed by atoms with Crippen LogP contribution in [0.1, 0.15) is 73.6 Å². The standard InChI is InChI=1S/C31H32N2/c1-2-3-23-4-10-26(11-5-23)29-20-30(27-12-6-24(7-13-27)16-18-32)22-31(21-29)28-14-8-25(9-15-28)17-19-33/h4-7,10-14,21-22,25,29H,2-3,8-9,15-17,20H2,1H3. The van der Waals surface area contributed by atoms with E-state index in [0.717, 1.165) is 37.7 Å². The van der Waals surface area contributed by atoms with E-state index in [1.54, 1.807) is 0 Å². The Morgan fingerprint density at radius 3 is 2.30 bits per heavy atom. The van der Waals surface area contributed by atoms with Crippen molar-refractivity contribution in [2.45, 2.75) is 64.2 Å². The SMILES string of the molecule is CCCc1ccc(C2C=C(C3=CCC(CC#N)CC3)C=C(c3ccc(CC#N)cc3)C2)cc1. The Hall–Kier alpha value is -3.36. The molecule has 0 fully saturated rings. The second kappa shape index (κ2) is 11.0. The van der Waals surface area contributed by atoms with Crippen LogP contribution in [0.2, 0.25) is 0 Å². The maximum atomic E-state index is 9.05. The minimum atomic E-state index is 0.354. The largest absolute Gasteiger partial charge is 0.198 e. The smallest absolute Gasteiger partial charge is 0.0669 e. The topological polar surface area (TPSA) is 47.6 Å². The predicted molar refractivity (Wildman–Crippen MR) is 135 cm³/mol. The molecule has 0 saturated carbocycles. The van der Waals surface area contributed by atoms with Gasteiger partial charge in [-0.2, -0.15) is 10.5 Å². The molecule has 0 amide bonds. The summed E-state index contributed by atoms with van der Waals surface area (Å²) in [5.41, 5.74) is 9.22. The molecule has 0 aliphatic heterocycles. The Morgan fingerprint density at radius 2 is 1.67 bits per heavy atom. The summed E-state index contributed by atoms with van der Waals surface area (Å²) in [6.45, 7) is 2.22. The number of benzene rings is 2. The van der Waals surface area contributed by atoms with Gasteiger partial charge in [-0.15, -0.1) is 0 Å². The average Bonchev–Trinajstić information content (AvgIpc) is 2.86. The summed E-state index contributed by atoms with van der Waals surface area (Å²) >= 11 is 0. The molecule has 2 unspecified atom stereocenters. The van der Waals surface area contributed by atoms with Crippen LogP contribution in [0.5, 0.6) is 0 Å². The molecule has 2 aromatic carbocycles. The normalized spacial score (nSPS) is 20.2. The lowest BCUT2D eigenvalue weighted by molar-refractivity contribution is 0.482. The lowest BCUT2D eigenvalue weighted by Crippen LogP contribution is -2.09. The quantitative estimate of drug-likeness (QED) is 0.447. The number of hydrogen-bond donors (Lipinski definition) is 0. The molecule has 0 heterocycles. The molecule has 33 heavy (non-hydrogen) atoms. The Balaban J connectivity index is 1.64. The van der Waals surface area contributed by atoms with Crippen molar-refractivity contribution in [3.05, 3.63) is 100 Å². The minimum Gasteiger partial charge on any atom is -0.198 e. The Labute approximate surface area is 198 Å². The molecule has 0 bridgehead atoms. The maximum absolute atomic E-state index is 9.05. The van der Waals surface area contributed by atoms with Crippen LogP contribution in [0.15, 0.2) is 77.9 Å². The molecule has 0 saturated heterocycles. The number of hydrogen-bond acceptors (Lipinski definition) is 2. The zero-order valence-corrected chi connectivity index (χ0v) is 19.6. The predicted octanol–water partition coefficient (Wildman–Crippen LogP) is 7.84. The van der Waals surface area contributed by atoms with Crippen LogP contribution in [-0.4, -0.2) is 0 Å². The van der Waals surface area contributed by atoms with Crippen LogP contribution < -0.4 is 0 Å². The molecule has 0 aromatic heterocycles. The molecule has 0 spiro atoms. The zero-order chi connectivity index (χ0) is 23.0. The molecule has 0 N–H and O–H groups in total. The van der Waals surface area contributed by atoms with Crippen LogP contribution in [-0.2, 0) is 12.8 Å². The van der Waals surface area contributed by atoms with Crippen molar-refractivity contribution in [1.29, 1.82) is 10.5 Å². The lowest BCUT2D eigenvalue weighted by atomic mass is 9.78. The van der Waals surface area contributed by atoms with E-state index >= 15 is 0 Å². The van der Waals surface area contributed by atoms with Crippen LogP contribution in [0.4, 0.5) is 0 Å². The van der Waals surface area contributed by atoms with E-state index in [0.29, 0.717) is 24.7 Å². The average molecular weight is 433 g/mol. The van der Waals surface area contributed by atoms with E-state index in [9.17, 15) is 0 Å². The van der Waals surface area contributed by atoms with Gasteiger partial charge in [-0.05, 0) is 77.0 Å². The van der Waals surface area contributed by atoms with Gasteiger partial charge in [0.1, 0.15) is 0 Å². The Kier molecular flexibility index (Phi) is 7.59. The first-order chi connectivity index (χ1) is 16.2. The summed E-state index contributed by atoms with van der Waals surface area (Å²) in [5, 5.41) is 18.0. The summed E-state index contributed by atoms with van der Waals surface area (Å²) in [6, 6.07) is 22.3. The minimum absolute atomic E-state index is 0.354. The van der Waals surface area contributed by atoms with E-state index in [-0.39, 0.29) is 0 Å². The third kappa shape index (κ3) is 5.71. The van der Waals surface area contributed by atoms with Crippen LogP contribution in [0.25, 0.3) is 5.57 Å². The lowest BCUT2D eigenvalue weighted by Gasteiger charge is -2.27. The first kappa shape index (κ1) is 22.8. The van der Waals surface area contributed by atoms with E-state index < -0.39 is 0 Å². The summed E-state index contributed by atoms with van der Waals surface area (Å²) in [5.74, 6) is 0.855. The van der Waals surface area contributed by atoms with Gasteiger partial charge in [0.15, 0.2) is 0 Å². The highest BCUT2D eigenvalue weighted by Crippen LogP contribution is 2.40. The van der Waals surface area contributed by atoms with Crippen molar-refractivity contribution >= 4 is 5.57 Å². The van der Waals surface area contributed by atoms with Gasteiger partial charge < -0.3 is 0 Å². The molecule has 2 aliphatic carbocycles. The van der Waals surface area contributed by atoms with Gasteiger partial charge in [0.2, 0.25) is 0 Å². The second-order valence-electron chi connectivity index (χ2n) is 9.36. The van der Waals surface area contributed by atoms with Gasteiger partial charge in [0.05, 0.1) is 18.6 Å². The number of nitriles is 2. The molecule has 166 valence electrons. The van der Waals surface area contributed by atoms with Crippen molar-refractivity contribution in [3.8, 4) is 12.1 Å². The van der Waals surface area contributed by atoms with Crippen molar-refractivity contribution in [2.24, 2.45) is 5.92 Å². The third-order valence-corrected chi connectivity index (χ3v) is 6.98. The van der Waals surface area contributed by atoms with Gasteiger partial charge in [-0.3, -0.25) is 0 Å². The highest BCUT2D eigenvalue weighted by atomic mass is 14.3. The van der Waals surface area contributed by atoms with Gasteiger partial charge >= 0.3 is 0 Å². The zero-order valence-electron chi connectivity index (χ0n) is 19.6. The number of nitrogens with zero attached hydrogens (tertiary/aromatic N) is 2. The summed E-state index contributed by atoms with van der Waals surface area (Å²) < 4.78 is 0. The fraction of sp³-hybridized carbons (Fsp3) is 0.355. The fourth-order valence-electron chi connectivity index (χ4n) is 5.04. The molecular weight excluding hydrogens is 400 g/mol. The summed E-state index contributed by atoms with van der Waals surface area (Å²) in [7, 11) is 0. The van der Waals surface area contributed by atoms with Gasteiger partial charge in [0.25, 0.3) is 0 Å². The maximum Gasteiger partial charge on any atom is 0.0669 e. The molecule has 0 radical (unpaired) electrons. The molecule has 2 nitrogen and oxygen atoms in total. The first-order valence-corrected chi connectivity index (χ1v) is 12.2. The molecule has 2 heteroatoms. The van der Waals surface area contributed by atoms with E-state index in [1.807, 2.05) is 0 Å². The molecule has 2 atom stereocenters. The van der Waals surface area contributed by atoms with E-state index in [2.05, 4.69) is 85.8 Å². The Morgan fingerprint density at radius 1 is 0.909 bits per heavy atom. The van der Waals surface area contributed by atoms with Gasteiger partial charge in [-0.25, -0.2) is 0 Å². The van der Waals surface area contributed by atoms with E-state index in [1.165, 1.54) is 39.8 Å². The van der Waals surface area contributed by atoms with Crippen LogP contribution >= 0.6 is 0 Å². The van der Waals surface area contributed by atoms with E-state index in [4.69, 9.17) is 10.5 Å². The van der Waals surface area contributed by atoms with Crippen molar-refractivity contribution in [1.82, 2.24) is 0 Å². The molecule has 4 rings (SSSR count). The summed E-state index contributed by atoms with van der Waals surface area (Å²) in [4.78, 5) is 0. The van der Waals surface area contributed by atoms with Crippen LogP contribution in [0.3, 0.4) is 0 Å². The van der Waals surface area contributed by atoms with Crippen molar-refractivity contribution < 1.29 is 0 Å².